The summed E-state index contributed by atoms with van der Waals surface area (Å²) in [5.41, 5.74) is 0.790. The Kier molecular flexibility index (Phi) is 4.86. The van der Waals surface area contributed by atoms with E-state index in [0.717, 1.165) is 12.0 Å². The van der Waals surface area contributed by atoms with Crippen molar-refractivity contribution >= 4 is 0 Å². The van der Waals surface area contributed by atoms with Crippen LogP contribution in [0.25, 0.3) is 0 Å². The van der Waals surface area contributed by atoms with Crippen LogP contribution in [-0.4, -0.2) is 18.8 Å². The third kappa shape index (κ3) is 5.21. The molecule has 5 heteroatoms. The van der Waals surface area contributed by atoms with Crippen molar-refractivity contribution in [1.82, 2.24) is 5.32 Å². The van der Waals surface area contributed by atoms with Crippen LogP contribution >= 0.6 is 0 Å². The van der Waals surface area contributed by atoms with Crippen LogP contribution in [-0.2, 0) is 6.42 Å². The predicted octanol–water partition coefficient (Wildman–Crippen LogP) is 3.14. The first-order valence-electron chi connectivity index (χ1n) is 5.32. The fraction of sp³-hybridized carbons (Fsp3) is 0.636. The van der Waals surface area contributed by atoms with Gasteiger partial charge in [0.25, 0.3) is 0 Å². The molecule has 1 unspecified atom stereocenters. The van der Waals surface area contributed by atoms with E-state index in [9.17, 15) is 13.2 Å². The average molecular weight is 235 g/mol. The van der Waals surface area contributed by atoms with Gasteiger partial charge in [0, 0.05) is 6.04 Å². The molecule has 0 bridgehead atoms. The second-order valence-corrected chi connectivity index (χ2v) is 3.81. The minimum Gasteiger partial charge on any atom is -0.472 e. The van der Waals surface area contributed by atoms with E-state index in [4.69, 9.17) is 4.42 Å². The van der Waals surface area contributed by atoms with Gasteiger partial charge < -0.3 is 9.73 Å². The smallest absolute Gasteiger partial charge is 0.390 e. The molecule has 1 atom stereocenters. The van der Waals surface area contributed by atoms with E-state index in [1.54, 1.807) is 6.07 Å². The molecule has 1 aromatic heterocycles. The zero-order valence-electron chi connectivity index (χ0n) is 9.18. The highest BCUT2D eigenvalue weighted by atomic mass is 19.4. The Bertz CT molecular complexity index is 282. The van der Waals surface area contributed by atoms with Crippen molar-refractivity contribution in [3.8, 4) is 0 Å². The van der Waals surface area contributed by atoms with Crippen LogP contribution in [0.1, 0.15) is 25.3 Å². The molecule has 0 spiro atoms. The number of hydrogen-bond donors (Lipinski definition) is 1. The van der Waals surface area contributed by atoms with Gasteiger partial charge in [-0.15, -0.1) is 0 Å². The molecule has 0 radical (unpaired) electrons. The van der Waals surface area contributed by atoms with Gasteiger partial charge in [-0.25, -0.2) is 0 Å². The van der Waals surface area contributed by atoms with Crippen LogP contribution < -0.4 is 5.32 Å². The van der Waals surface area contributed by atoms with Crippen molar-refractivity contribution in [3.05, 3.63) is 24.2 Å². The first kappa shape index (κ1) is 13.1. The van der Waals surface area contributed by atoms with E-state index in [1.807, 2.05) is 6.92 Å². The van der Waals surface area contributed by atoms with Crippen LogP contribution in [0.2, 0.25) is 0 Å². The van der Waals surface area contributed by atoms with E-state index in [1.165, 1.54) is 12.5 Å². The molecule has 0 aromatic carbocycles. The van der Waals surface area contributed by atoms with Gasteiger partial charge in [0.1, 0.15) is 0 Å². The molecule has 1 N–H and O–H groups in total. The highest BCUT2D eigenvalue weighted by Crippen LogP contribution is 2.23. The van der Waals surface area contributed by atoms with Crippen molar-refractivity contribution < 1.29 is 17.6 Å². The molecule has 1 heterocycles. The molecule has 0 saturated heterocycles. The highest BCUT2D eigenvalue weighted by Gasteiger charge is 2.31. The Labute approximate surface area is 92.8 Å². The van der Waals surface area contributed by atoms with Gasteiger partial charge in [-0.3, -0.25) is 0 Å². The lowest BCUT2D eigenvalue weighted by Crippen LogP contribution is -2.36. The lowest BCUT2D eigenvalue weighted by atomic mass is 10.1. The third-order valence-corrected chi connectivity index (χ3v) is 2.22. The van der Waals surface area contributed by atoms with Crippen LogP contribution in [0, 0.1) is 0 Å². The van der Waals surface area contributed by atoms with Crippen LogP contribution in [0.15, 0.2) is 23.0 Å². The summed E-state index contributed by atoms with van der Waals surface area (Å²) >= 11 is 0. The minimum atomic E-state index is -4.13. The molecule has 0 aliphatic heterocycles. The number of furan rings is 1. The lowest BCUT2D eigenvalue weighted by molar-refractivity contribution is -0.139. The van der Waals surface area contributed by atoms with Crippen molar-refractivity contribution in [3.63, 3.8) is 0 Å². The van der Waals surface area contributed by atoms with Gasteiger partial charge in [-0.05, 0) is 31.0 Å². The van der Waals surface area contributed by atoms with Crippen LogP contribution in [0.5, 0.6) is 0 Å². The van der Waals surface area contributed by atoms with Crippen molar-refractivity contribution in [2.45, 2.75) is 38.4 Å². The average Bonchev–Trinajstić information content (AvgIpc) is 2.64. The van der Waals surface area contributed by atoms with Gasteiger partial charge in [0.2, 0.25) is 0 Å². The number of hydrogen-bond acceptors (Lipinski definition) is 2. The van der Waals surface area contributed by atoms with Gasteiger partial charge in [-0.1, -0.05) is 6.92 Å². The van der Waals surface area contributed by atoms with E-state index in [2.05, 4.69) is 5.32 Å². The summed E-state index contributed by atoms with van der Waals surface area (Å²) in [6, 6.07) is 1.12. The van der Waals surface area contributed by atoms with Gasteiger partial charge in [-0.2, -0.15) is 13.2 Å². The van der Waals surface area contributed by atoms with Crippen molar-refractivity contribution in [2.75, 3.05) is 6.54 Å². The van der Waals surface area contributed by atoms with E-state index >= 15 is 0 Å². The summed E-state index contributed by atoms with van der Waals surface area (Å²) in [6.07, 6.45) is -0.820. The van der Waals surface area contributed by atoms with Crippen molar-refractivity contribution in [1.29, 1.82) is 0 Å². The van der Waals surface area contributed by atoms with Gasteiger partial charge in [0.05, 0.1) is 18.9 Å². The molecular weight excluding hydrogens is 219 g/mol. The molecule has 0 amide bonds. The van der Waals surface area contributed by atoms with Gasteiger partial charge in [0.15, 0.2) is 0 Å². The van der Waals surface area contributed by atoms with Crippen LogP contribution in [0.4, 0.5) is 13.2 Å². The summed E-state index contributed by atoms with van der Waals surface area (Å²) < 4.78 is 41.7. The summed E-state index contributed by atoms with van der Waals surface area (Å²) in [6.45, 7) is 2.52. The zero-order chi connectivity index (χ0) is 12.0. The maximum Gasteiger partial charge on any atom is 0.390 e. The summed E-state index contributed by atoms with van der Waals surface area (Å²) in [7, 11) is 0. The highest BCUT2D eigenvalue weighted by molar-refractivity contribution is 5.07. The standard InChI is InChI=1S/C11H16F3NO/c1-2-4-15-10(7-11(12,13)14)6-9-3-5-16-8-9/h3,5,8,10,15H,2,4,6-7H2,1H3. The molecule has 1 rings (SSSR count). The second-order valence-electron chi connectivity index (χ2n) is 3.81. The molecular formula is C11H16F3NO. The quantitative estimate of drug-likeness (QED) is 0.819. The molecule has 1 aromatic rings. The topological polar surface area (TPSA) is 25.2 Å². The van der Waals surface area contributed by atoms with E-state index in [-0.39, 0.29) is 0 Å². The Morgan fingerprint density at radius 1 is 1.44 bits per heavy atom. The Hall–Kier alpha value is -0.970. The lowest BCUT2D eigenvalue weighted by Gasteiger charge is -2.19. The fourth-order valence-corrected chi connectivity index (χ4v) is 1.54. The summed E-state index contributed by atoms with van der Waals surface area (Å²) in [5.74, 6) is 0. The number of halogens is 3. The second kappa shape index (κ2) is 5.94. The van der Waals surface area contributed by atoms with E-state index < -0.39 is 18.6 Å². The zero-order valence-corrected chi connectivity index (χ0v) is 9.18. The summed E-state index contributed by atoms with van der Waals surface area (Å²) in [4.78, 5) is 0. The molecule has 0 saturated carbocycles. The molecule has 2 nitrogen and oxygen atoms in total. The maximum absolute atomic E-state index is 12.3. The normalized spacial score (nSPS) is 14.0. The fourth-order valence-electron chi connectivity index (χ4n) is 1.54. The van der Waals surface area contributed by atoms with Gasteiger partial charge >= 0.3 is 6.18 Å². The first-order valence-corrected chi connectivity index (χ1v) is 5.32. The summed E-state index contributed by atoms with van der Waals surface area (Å²) in [5, 5.41) is 2.90. The van der Waals surface area contributed by atoms with Crippen molar-refractivity contribution in [2.24, 2.45) is 0 Å². The number of nitrogens with one attached hydrogen (secondary N) is 1. The molecule has 0 fully saturated rings. The maximum atomic E-state index is 12.3. The molecule has 0 aliphatic carbocycles. The molecule has 16 heavy (non-hydrogen) atoms. The van der Waals surface area contributed by atoms with Crippen LogP contribution in [0.3, 0.4) is 0 Å². The number of alkyl halides is 3. The Morgan fingerprint density at radius 3 is 2.69 bits per heavy atom. The number of rotatable bonds is 6. The first-order chi connectivity index (χ1) is 7.51. The SMILES string of the molecule is CCCNC(Cc1ccoc1)CC(F)(F)F. The predicted molar refractivity (Wildman–Crippen MR) is 55.2 cm³/mol. The third-order valence-electron chi connectivity index (χ3n) is 2.22. The molecule has 0 aliphatic rings. The molecule has 92 valence electrons. The Balaban J connectivity index is 2.50. The Morgan fingerprint density at radius 2 is 2.19 bits per heavy atom. The monoisotopic (exact) mass is 235 g/mol. The van der Waals surface area contributed by atoms with E-state index in [0.29, 0.717) is 13.0 Å². The minimum absolute atomic E-state index is 0.343. The largest absolute Gasteiger partial charge is 0.472 e.